The summed E-state index contributed by atoms with van der Waals surface area (Å²) < 4.78 is 0. The lowest BCUT2D eigenvalue weighted by Gasteiger charge is -2.23. The highest BCUT2D eigenvalue weighted by Gasteiger charge is 2.14. The van der Waals surface area contributed by atoms with Gasteiger partial charge in [0.15, 0.2) is 0 Å². The van der Waals surface area contributed by atoms with E-state index in [-0.39, 0.29) is 5.91 Å². The topological polar surface area (TPSA) is 29.5 Å². The van der Waals surface area contributed by atoms with Crippen LogP contribution in [0.3, 0.4) is 0 Å². The number of hydrogen-bond donors (Lipinski definition) is 0. The van der Waals surface area contributed by atoms with E-state index in [9.17, 15) is 4.79 Å². The van der Waals surface area contributed by atoms with Crippen molar-refractivity contribution in [1.29, 1.82) is 0 Å². The number of carbonyl (C=O) groups is 1. The third-order valence-electron chi connectivity index (χ3n) is 1.46. The fraction of sp³-hybridized carbons (Fsp3) is 0.625. The smallest absolute Gasteiger partial charge is 0.270 e. The van der Waals surface area contributed by atoms with Crippen LogP contribution in [-0.2, 0) is 9.63 Å². The van der Waals surface area contributed by atoms with Crippen LogP contribution in [0.2, 0.25) is 0 Å². The summed E-state index contributed by atoms with van der Waals surface area (Å²) in [5.74, 6) is 4.74. The van der Waals surface area contributed by atoms with Crippen LogP contribution in [0, 0.1) is 11.8 Å². The molecule has 0 aromatic rings. The van der Waals surface area contributed by atoms with E-state index >= 15 is 0 Å². The SMILES string of the molecule is CC#CC(=O)N1CCCCO1. The van der Waals surface area contributed by atoms with Crippen LogP contribution < -0.4 is 0 Å². The second-order valence-corrected chi connectivity index (χ2v) is 2.32. The maximum Gasteiger partial charge on any atom is 0.322 e. The van der Waals surface area contributed by atoms with E-state index in [4.69, 9.17) is 4.84 Å². The monoisotopic (exact) mass is 153 g/mol. The Kier molecular flexibility index (Phi) is 2.94. The molecule has 0 unspecified atom stereocenters. The van der Waals surface area contributed by atoms with Gasteiger partial charge >= 0.3 is 5.91 Å². The zero-order chi connectivity index (χ0) is 8.10. The minimum atomic E-state index is -0.229. The molecule has 60 valence electrons. The largest absolute Gasteiger partial charge is 0.322 e. The molecule has 11 heavy (non-hydrogen) atoms. The van der Waals surface area contributed by atoms with Crippen LogP contribution in [0.25, 0.3) is 0 Å². The van der Waals surface area contributed by atoms with Crippen molar-refractivity contribution in [3.63, 3.8) is 0 Å². The molecule has 1 rings (SSSR count). The van der Waals surface area contributed by atoms with E-state index in [1.807, 2.05) is 0 Å². The molecule has 1 aliphatic heterocycles. The summed E-state index contributed by atoms with van der Waals surface area (Å²) in [6, 6.07) is 0. The molecule has 0 atom stereocenters. The predicted octanol–water partition coefficient (Wildman–Crippen LogP) is 0.564. The predicted molar refractivity (Wildman–Crippen MR) is 40.3 cm³/mol. The van der Waals surface area contributed by atoms with Crippen molar-refractivity contribution in [2.75, 3.05) is 13.2 Å². The first kappa shape index (κ1) is 8.09. The Bertz CT molecular complexity index is 196. The lowest BCUT2D eigenvalue weighted by Crippen LogP contribution is -2.34. The van der Waals surface area contributed by atoms with Crippen LogP contribution >= 0.6 is 0 Å². The van der Waals surface area contributed by atoms with Crippen LogP contribution in [0.4, 0.5) is 0 Å². The van der Waals surface area contributed by atoms with Crippen molar-refractivity contribution >= 4 is 5.91 Å². The number of hydroxylamine groups is 2. The summed E-state index contributed by atoms with van der Waals surface area (Å²) in [6.45, 7) is 2.95. The molecule has 0 aromatic carbocycles. The standard InChI is InChI=1S/C8H11NO2/c1-2-5-8(10)9-6-3-4-7-11-9/h3-4,6-7H2,1H3. The Morgan fingerprint density at radius 3 is 2.91 bits per heavy atom. The summed E-state index contributed by atoms with van der Waals surface area (Å²) in [5.41, 5.74) is 0. The van der Waals surface area contributed by atoms with E-state index in [0.717, 1.165) is 12.8 Å². The summed E-state index contributed by atoms with van der Waals surface area (Å²) in [4.78, 5) is 16.1. The van der Waals surface area contributed by atoms with Gasteiger partial charge in [0, 0.05) is 6.54 Å². The molecule has 3 nitrogen and oxygen atoms in total. The van der Waals surface area contributed by atoms with E-state index in [1.54, 1.807) is 6.92 Å². The van der Waals surface area contributed by atoms with Gasteiger partial charge in [0.25, 0.3) is 0 Å². The van der Waals surface area contributed by atoms with Crippen molar-refractivity contribution in [2.45, 2.75) is 19.8 Å². The van der Waals surface area contributed by atoms with Crippen LogP contribution in [0.15, 0.2) is 0 Å². The highest BCUT2D eigenvalue weighted by Crippen LogP contribution is 2.04. The quantitative estimate of drug-likeness (QED) is 0.476. The molecule has 0 saturated carbocycles. The van der Waals surface area contributed by atoms with Crippen molar-refractivity contribution in [3.05, 3.63) is 0 Å². The first-order valence-corrected chi connectivity index (χ1v) is 3.72. The molecule has 1 heterocycles. The van der Waals surface area contributed by atoms with Gasteiger partial charge in [-0.3, -0.25) is 9.63 Å². The van der Waals surface area contributed by atoms with E-state index < -0.39 is 0 Å². The number of carbonyl (C=O) groups excluding carboxylic acids is 1. The van der Waals surface area contributed by atoms with Crippen molar-refractivity contribution < 1.29 is 9.63 Å². The molecule has 1 saturated heterocycles. The van der Waals surface area contributed by atoms with Crippen LogP contribution in [-0.4, -0.2) is 24.1 Å². The maximum atomic E-state index is 11.0. The molecule has 1 amide bonds. The van der Waals surface area contributed by atoms with Gasteiger partial charge in [-0.1, -0.05) is 5.92 Å². The summed E-state index contributed by atoms with van der Waals surface area (Å²) in [7, 11) is 0. The Morgan fingerprint density at radius 2 is 2.36 bits per heavy atom. The van der Waals surface area contributed by atoms with E-state index in [0.29, 0.717) is 13.2 Å². The van der Waals surface area contributed by atoms with Crippen molar-refractivity contribution in [1.82, 2.24) is 5.06 Å². The molecule has 0 aliphatic carbocycles. The third kappa shape index (κ3) is 2.24. The van der Waals surface area contributed by atoms with E-state index in [2.05, 4.69) is 11.8 Å². The first-order valence-electron chi connectivity index (χ1n) is 3.72. The second kappa shape index (κ2) is 3.99. The zero-order valence-corrected chi connectivity index (χ0v) is 6.59. The Hall–Kier alpha value is -1.01. The Morgan fingerprint density at radius 1 is 1.55 bits per heavy atom. The first-order chi connectivity index (χ1) is 5.34. The molecular formula is C8H11NO2. The molecule has 0 spiro atoms. The molecule has 0 radical (unpaired) electrons. The molecular weight excluding hydrogens is 142 g/mol. The Balaban J connectivity index is 2.43. The van der Waals surface area contributed by atoms with Gasteiger partial charge in [0.1, 0.15) is 0 Å². The maximum absolute atomic E-state index is 11.0. The number of nitrogens with zero attached hydrogens (tertiary/aromatic N) is 1. The molecule has 0 aromatic heterocycles. The third-order valence-corrected chi connectivity index (χ3v) is 1.46. The zero-order valence-electron chi connectivity index (χ0n) is 6.59. The van der Waals surface area contributed by atoms with E-state index in [1.165, 1.54) is 5.06 Å². The molecule has 1 aliphatic rings. The number of hydrogen-bond acceptors (Lipinski definition) is 2. The summed E-state index contributed by atoms with van der Waals surface area (Å²) in [5, 5.41) is 1.33. The average molecular weight is 153 g/mol. The number of amides is 1. The van der Waals surface area contributed by atoms with Crippen LogP contribution in [0.5, 0.6) is 0 Å². The second-order valence-electron chi connectivity index (χ2n) is 2.32. The van der Waals surface area contributed by atoms with Gasteiger partial charge in [-0.25, -0.2) is 5.06 Å². The average Bonchev–Trinajstić information content (AvgIpc) is 2.07. The lowest BCUT2D eigenvalue weighted by atomic mass is 10.3. The highest BCUT2D eigenvalue weighted by atomic mass is 16.7. The van der Waals surface area contributed by atoms with Gasteiger partial charge in [-0.05, 0) is 25.7 Å². The fourth-order valence-electron chi connectivity index (χ4n) is 0.926. The van der Waals surface area contributed by atoms with Crippen molar-refractivity contribution in [3.8, 4) is 11.8 Å². The minimum Gasteiger partial charge on any atom is -0.270 e. The van der Waals surface area contributed by atoms with Gasteiger partial charge in [0.05, 0.1) is 6.61 Å². The molecule has 0 bridgehead atoms. The summed E-state index contributed by atoms with van der Waals surface area (Å²) >= 11 is 0. The fourth-order valence-corrected chi connectivity index (χ4v) is 0.926. The molecule has 0 N–H and O–H groups in total. The molecule has 3 heteroatoms. The number of rotatable bonds is 0. The van der Waals surface area contributed by atoms with Gasteiger partial charge in [-0.2, -0.15) is 0 Å². The highest BCUT2D eigenvalue weighted by molar-refractivity contribution is 5.92. The van der Waals surface area contributed by atoms with Crippen LogP contribution in [0.1, 0.15) is 19.8 Å². The summed E-state index contributed by atoms with van der Waals surface area (Å²) in [6.07, 6.45) is 2.04. The Labute approximate surface area is 66.3 Å². The van der Waals surface area contributed by atoms with Gasteiger partial charge in [0.2, 0.25) is 0 Å². The normalized spacial score (nSPS) is 17.0. The van der Waals surface area contributed by atoms with Gasteiger partial charge < -0.3 is 0 Å². The van der Waals surface area contributed by atoms with Crippen molar-refractivity contribution in [2.24, 2.45) is 0 Å². The molecule has 1 fully saturated rings. The van der Waals surface area contributed by atoms with Gasteiger partial charge in [-0.15, -0.1) is 0 Å². The lowest BCUT2D eigenvalue weighted by molar-refractivity contribution is -0.190. The minimum absolute atomic E-state index is 0.229.